The fourth-order valence-corrected chi connectivity index (χ4v) is 2.50. The smallest absolute Gasteiger partial charge is 0.115 e. The molecule has 3 nitrogen and oxygen atoms in total. The van der Waals surface area contributed by atoms with Gasteiger partial charge in [0.25, 0.3) is 0 Å². The molecule has 0 aliphatic carbocycles. The van der Waals surface area contributed by atoms with Gasteiger partial charge in [-0.25, -0.2) is 0 Å². The number of rotatable bonds is 3. The first-order chi connectivity index (χ1) is 7.68. The van der Waals surface area contributed by atoms with Crippen LogP contribution in [0.4, 0.5) is 0 Å². The number of phenolic OH excluding ortho intramolecular Hbond substituents is 1. The lowest BCUT2D eigenvalue weighted by Gasteiger charge is -2.26. The maximum atomic E-state index is 9.26. The van der Waals surface area contributed by atoms with Gasteiger partial charge in [-0.05, 0) is 43.6 Å². The molecule has 1 aromatic carbocycles. The minimum atomic E-state index is 0.0121. The summed E-state index contributed by atoms with van der Waals surface area (Å²) in [6.45, 7) is 2.09. The van der Waals surface area contributed by atoms with Crippen LogP contribution in [0.1, 0.15) is 24.4 Å². The summed E-state index contributed by atoms with van der Waals surface area (Å²) >= 11 is 5.14. The van der Waals surface area contributed by atoms with Crippen molar-refractivity contribution in [2.45, 2.75) is 18.9 Å². The monoisotopic (exact) mass is 236 g/mol. The molecule has 1 aliphatic rings. The second-order valence-electron chi connectivity index (χ2n) is 4.14. The van der Waals surface area contributed by atoms with Crippen molar-refractivity contribution in [3.8, 4) is 5.75 Å². The molecular weight excluding hydrogens is 220 g/mol. The van der Waals surface area contributed by atoms with Gasteiger partial charge in [0.15, 0.2) is 0 Å². The predicted molar refractivity (Wildman–Crippen MR) is 68.4 cm³/mol. The third kappa shape index (κ3) is 2.33. The first-order valence-electron chi connectivity index (χ1n) is 5.51. The summed E-state index contributed by atoms with van der Waals surface area (Å²) in [6, 6.07) is 7.14. The zero-order valence-electron chi connectivity index (χ0n) is 9.10. The molecule has 1 fully saturated rings. The van der Waals surface area contributed by atoms with Crippen molar-refractivity contribution in [1.82, 2.24) is 4.90 Å². The van der Waals surface area contributed by atoms with Crippen molar-refractivity contribution < 1.29 is 5.11 Å². The summed E-state index contributed by atoms with van der Waals surface area (Å²) in [7, 11) is 0. The van der Waals surface area contributed by atoms with Crippen molar-refractivity contribution in [1.29, 1.82) is 0 Å². The zero-order valence-corrected chi connectivity index (χ0v) is 9.91. The van der Waals surface area contributed by atoms with Gasteiger partial charge in [-0.15, -0.1) is 0 Å². The largest absolute Gasteiger partial charge is 0.508 e. The second-order valence-corrected chi connectivity index (χ2v) is 4.61. The molecule has 0 radical (unpaired) electrons. The van der Waals surface area contributed by atoms with Crippen LogP contribution in [0.5, 0.6) is 5.75 Å². The molecule has 86 valence electrons. The van der Waals surface area contributed by atoms with Crippen LogP contribution in [0, 0.1) is 0 Å². The van der Waals surface area contributed by atoms with E-state index in [9.17, 15) is 5.11 Å². The zero-order chi connectivity index (χ0) is 11.5. The molecule has 16 heavy (non-hydrogen) atoms. The third-order valence-corrected chi connectivity index (χ3v) is 3.21. The minimum absolute atomic E-state index is 0.0121. The summed E-state index contributed by atoms with van der Waals surface area (Å²) in [5.74, 6) is 0.270. The highest BCUT2D eigenvalue weighted by Crippen LogP contribution is 2.26. The van der Waals surface area contributed by atoms with Crippen molar-refractivity contribution in [2.75, 3.05) is 13.1 Å². The number of hydrogen-bond donors (Lipinski definition) is 2. The van der Waals surface area contributed by atoms with E-state index in [1.54, 1.807) is 12.1 Å². The molecule has 1 aliphatic heterocycles. The van der Waals surface area contributed by atoms with Gasteiger partial charge in [0.05, 0.1) is 11.0 Å². The second kappa shape index (κ2) is 4.80. The Morgan fingerprint density at radius 1 is 1.25 bits per heavy atom. The Kier molecular flexibility index (Phi) is 3.41. The number of nitrogens with two attached hydrogens (primary N) is 1. The molecule has 0 bridgehead atoms. The molecule has 1 aromatic rings. The lowest BCUT2D eigenvalue weighted by atomic mass is 10.1. The summed E-state index contributed by atoms with van der Waals surface area (Å²) in [4.78, 5) is 2.81. The number of benzene rings is 1. The highest BCUT2D eigenvalue weighted by molar-refractivity contribution is 7.80. The topological polar surface area (TPSA) is 49.5 Å². The number of phenols is 1. The average molecular weight is 236 g/mol. The molecule has 1 saturated heterocycles. The van der Waals surface area contributed by atoms with Crippen LogP contribution in [0.15, 0.2) is 24.3 Å². The highest BCUT2D eigenvalue weighted by Gasteiger charge is 2.25. The normalized spacial score (nSPS) is 18.5. The van der Waals surface area contributed by atoms with Gasteiger partial charge >= 0.3 is 0 Å². The maximum Gasteiger partial charge on any atom is 0.115 e. The quantitative estimate of drug-likeness (QED) is 0.786. The number of aromatic hydroxyl groups is 1. The van der Waals surface area contributed by atoms with E-state index in [0.29, 0.717) is 4.99 Å². The molecule has 4 heteroatoms. The van der Waals surface area contributed by atoms with Gasteiger partial charge in [-0.2, -0.15) is 0 Å². The third-order valence-electron chi connectivity index (χ3n) is 2.98. The van der Waals surface area contributed by atoms with Crippen LogP contribution in [-0.4, -0.2) is 28.1 Å². The van der Waals surface area contributed by atoms with E-state index in [2.05, 4.69) is 4.90 Å². The summed E-state index contributed by atoms with van der Waals surface area (Å²) in [6.07, 6.45) is 2.41. The van der Waals surface area contributed by atoms with E-state index in [-0.39, 0.29) is 11.8 Å². The SMILES string of the molecule is NC(=S)C(c1ccc(O)cc1)N1CCCC1. The minimum Gasteiger partial charge on any atom is -0.508 e. The van der Waals surface area contributed by atoms with Gasteiger partial charge in [-0.1, -0.05) is 24.4 Å². The summed E-state index contributed by atoms with van der Waals surface area (Å²) < 4.78 is 0. The number of hydrogen-bond acceptors (Lipinski definition) is 3. The van der Waals surface area contributed by atoms with Crippen LogP contribution < -0.4 is 5.73 Å². The van der Waals surface area contributed by atoms with Crippen molar-refractivity contribution >= 4 is 17.2 Å². The number of thiocarbonyl (C=S) groups is 1. The van der Waals surface area contributed by atoms with Crippen molar-refractivity contribution in [3.05, 3.63) is 29.8 Å². The maximum absolute atomic E-state index is 9.26. The van der Waals surface area contributed by atoms with Gasteiger partial charge in [0.1, 0.15) is 5.75 Å². The Balaban J connectivity index is 2.24. The molecule has 2 rings (SSSR count). The van der Waals surface area contributed by atoms with Crippen molar-refractivity contribution in [2.24, 2.45) is 5.73 Å². The van der Waals surface area contributed by atoms with Crippen molar-refractivity contribution in [3.63, 3.8) is 0 Å². The van der Waals surface area contributed by atoms with Crippen LogP contribution >= 0.6 is 12.2 Å². The molecule has 0 aromatic heterocycles. The summed E-state index contributed by atoms with van der Waals surface area (Å²) in [5, 5.41) is 9.26. The fourth-order valence-electron chi connectivity index (χ4n) is 2.21. The van der Waals surface area contributed by atoms with Crippen LogP contribution in [0.3, 0.4) is 0 Å². The Morgan fingerprint density at radius 3 is 2.31 bits per heavy atom. The van der Waals surface area contributed by atoms with Gasteiger partial charge in [0, 0.05) is 0 Å². The first kappa shape index (κ1) is 11.4. The van der Waals surface area contributed by atoms with E-state index < -0.39 is 0 Å². The summed E-state index contributed by atoms with van der Waals surface area (Å²) in [5.41, 5.74) is 6.88. The van der Waals surface area contributed by atoms with E-state index in [1.165, 1.54) is 12.8 Å². The fraction of sp³-hybridized carbons (Fsp3) is 0.417. The lowest BCUT2D eigenvalue weighted by molar-refractivity contribution is 0.305. The van der Waals surface area contributed by atoms with Crippen LogP contribution in [0.25, 0.3) is 0 Å². The molecule has 0 spiro atoms. The Hall–Kier alpha value is -1.13. The number of nitrogens with zero attached hydrogens (tertiary/aromatic N) is 1. The molecule has 0 saturated carbocycles. The molecule has 1 atom stereocenters. The van der Waals surface area contributed by atoms with E-state index in [1.807, 2.05) is 12.1 Å². The predicted octanol–water partition coefficient (Wildman–Crippen LogP) is 1.82. The Morgan fingerprint density at radius 2 is 1.81 bits per heavy atom. The Bertz CT molecular complexity index is 371. The number of likely N-dealkylation sites (tertiary alicyclic amines) is 1. The molecular formula is C12H16N2OS. The van der Waals surface area contributed by atoms with Crippen LogP contribution in [-0.2, 0) is 0 Å². The van der Waals surface area contributed by atoms with Gasteiger partial charge in [-0.3, -0.25) is 4.90 Å². The molecule has 1 unspecified atom stereocenters. The highest BCUT2D eigenvalue weighted by atomic mass is 32.1. The first-order valence-corrected chi connectivity index (χ1v) is 5.91. The van der Waals surface area contributed by atoms with Crippen LogP contribution in [0.2, 0.25) is 0 Å². The van der Waals surface area contributed by atoms with E-state index in [4.69, 9.17) is 18.0 Å². The van der Waals surface area contributed by atoms with E-state index >= 15 is 0 Å². The molecule has 0 amide bonds. The van der Waals surface area contributed by atoms with Gasteiger partial charge < -0.3 is 10.8 Å². The molecule has 3 N–H and O–H groups in total. The van der Waals surface area contributed by atoms with E-state index in [0.717, 1.165) is 18.7 Å². The average Bonchev–Trinajstić information content (AvgIpc) is 2.74. The Labute approximate surface area is 101 Å². The van der Waals surface area contributed by atoms with Gasteiger partial charge in [0.2, 0.25) is 0 Å². The molecule has 1 heterocycles. The standard InChI is InChI=1S/C12H16N2OS/c13-12(16)11(14-7-1-2-8-14)9-3-5-10(15)6-4-9/h3-6,11,15H,1-2,7-8H2,(H2,13,16). The lowest BCUT2D eigenvalue weighted by Crippen LogP contribution is -2.34.